The Morgan fingerprint density at radius 3 is 2.52 bits per heavy atom. The van der Waals surface area contributed by atoms with E-state index in [1.807, 2.05) is 12.1 Å². The molecule has 0 atom stereocenters. The number of hydrogen-bond acceptors (Lipinski definition) is 6. The van der Waals surface area contributed by atoms with Crippen LogP contribution in [-0.2, 0) is 19.4 Å². The Balaban J connectivity index is 1.24. The molecule has 0 radical (unpaired) electrons. The van der Waals surface area contributed by atoms with Gasteiger partial charge in [-0.25, -0.2) is 0 Å². The van der Waals surface area contributed by atoms with Crippen molar-refractivity contribution in [1.29, 1.82) is 0 Å². The number of ether oxygens (including phenoxy) is 4. The highest BCUT2D eigenvalue weighted by atomic mass is 16.7. The predicted octanol–water partition coefficient (Wildman–Crippen LogP) is 6.74. The van der Waals surface area contributed by atoms with Crippen LogP contribution in [0, 0.1) is 10.1 Å². The molecular weight excluding hydrogens is 558 g/mol. The van der Waals surface area contributed by atoms with E-state index in [9.17, 15) is 10.1 Å². The Labute approximate surface area is 252 Å². The standard InChI is InChI=1S/C35H28N3O6/c1-41-31-10-8-25-27(13-20-3-5-21(6-4-20)30-15-23-14-24(38(39)40)7-9-29(23)36-30)34-26-17-33-32(43-19-44-33)16-22(26)11-12-37(34)18-28(25)35(31)42-2/h3-10,14-18,36H,11-13,19H2,1-2H3/q+1. The average Bonchev–Trinajstić information content (AvgIpc) is 3.69. The zero-order valence-electron chi connectivity index (χ0n) is 24.2. The van der Waals surface area contributed by atoms with E-state index in [-0.39, 0.29) is 17.4 Å². The van der Waals surface area contributed by atoms with E-state index >= 15 is 0 Å². The summed E-state index contributed by atoms with van der Waals surface area (Å²) >= 11 is 0. The molecule has 0 unspecified atom stereocenters. The number of benzene rings is 4. The third-order valence-corrected chi connectivity index (χ3v) is 8.70. The van der Waals surface area contributed by atoms with E-state index < -0.39 is 0 Å². The van der Waals surface area contributed by atoms with Crippen molar-refractivity contribution in [3.63, 3.8) is 0 Å². The summed E-state index contributed by atoms with van der Waals surface area (Å²) < 4.78 is 25.3. The maximum atomic E-state index is 11.2. The predicted molar refractivity (Wildman–Crippen MR) is 166 cm³/mol. The first-order valence-electron chi connectivity index (χ1n) is 14.4. The molecule has 8 rings (SSSR count). The van der Waals surface area contributed by atoms with E-state index in [0.717, 1.165) is 74.2 Å². The zero-order valence-corrected chi connectivity index (χ0v) is 24.2. The molecular formula is C35H28N3O6+. The minimum Gasteiger partial charge on any atom is -0.493 e. The molecule has 4 heterocycles. The summed E-state index contributed by atoms with van der Waals surface area (Å²) in [5.74, 6) is 2.98. The summed E-state index contributed by atoms with van der Waals surface area (Å²) in [6.45, 7) is 1.06. The normalized spacial score (nSPS) is 13.1. The molecule has 1 N–H and O–H groups in total. The second-order valence-corrected chi connectivity index (χ2v) is 11.1. The van der Waals surface area contributed by atoms with E-state index in [1.54, 1.807) is 26.4 Å². The molecule has 0 spiro atoms. The number of rotatable bonds is 6. The summed E-state index contributed by atoms with van der Waals surface area (Å²) in [4.78, 5) is 14.3. The van der Waals surface area contributed by atoms with Crippen LogP contribution in [0.5, 0.6) is 23.0 Å². The van der Waals surface area contributed by atoms with Gasteiger partial charge in [-0.15, -0.1) is 0 Å². The number of aromatic amines is 1. The second kappa shape index (κ2) is 10.0. The number of nitrogens with one attached hydrogen (secondary N) is 1. The van der Waals surface area contributed by atoms with Gasteiger partial charge in [-0.3, -0.25) is 10.1 Å². The number of pyridine rings is 1. The van der Waals surface area contributed by atoms with Gasteiger partial charge >= 0.3 is 0 Å². The van der Waals surface area contributed by atoms with Crippen LogP contribution in [0.4, 0.5) is 5.69 Å². The molecule has 44 heavy (non-hydrogen) atoms. The van der Waals surface area contributed by atoms with Crippen LogP contribution in [0.3, 0.4) is 0 Å². The van der Waals surface area contributed by atoms with Crippen LogP contribution in [0.25, 0.3) is 44.2 Å². The topological polar surface area (TPSA) is 99.7 Å². The Kier molecular flexibility index (Phi) is 5.94. The van der Waals surface area contributed by atoms with Gasteiger partial charge in [0.05, 0.1) is 30.1 Å². The van der Waals surface area contributed by atoms with Gasteiger partial charge in [0.1, 0.15) is 0 Å². The minimum atomic E-state index is -0.372. The number of H-pyrrole nitrogens is 1. The second-order valence-electron chi connectivity index (χ2n) is 11.1. The van der Waals surface area contributed by atoms with Gasteiger partial charge in [0.25, 0.3) is 5.69 Å². The van der Waals surface area contributed by atoms with Crippen molar-refractivity contribution >= 4 is 27.4 Å². The summed E-state index contributed by atoms with van der Waals surface area (Å²) in [5.41, 5.74) is 8.74. The maximum Gasteiger partial charge on any atom is 0.270 e. The molecule has 0 amide bonds. The van der Waals surface area contributed by atoms with Crippen LogP contribution < -0.4 is 23.5 Å². The molecule has 0 saturated heterocycles. The van der Waals surface area contributed by atoms with Crippen molar-refractivity contribution in [2.24, 2.45) is 0 Å². The van der Waals surface area contributed by atoms with E-state index in [4.69, 9.17) is 18.9 Å². The van der Waals surface area contributed by atoms with Crippen molar-refractivity contribution < 1.29 is 28.4 Å². The van der Waals surface area contributed by atoms with Gasteiger partial charge < -0.3 is 23.9 Å². The van der Waals surface area contributed by atoms with Gasteiger partial charge in [0, 0.05) is 52.5 Å². The molecule has 0 aliphatic carbocycles. The highest BCUT2D eigenvalue weighted by Crippen LogP contribution is 2.44. The number of methoxy groups -OCH3 is 2. The number of fused-ring (bicyclic) bond motifs is 6. The lowest BCUT2D eigenvalue weighted by atomic mass is 9.88. The van der Waals surface area contributed by atoms with Gasteiger partial charge in [-0.2, -0.15) is 4.57 Å². The average molecular weight is 587 g/mol. The van der Waals surface area contributed by atoms with Crippen molar-refractivity contribution in [2.45, 2.75) is 19.4 Å². The molecule has 0 fully saturated rings. The number of aryl methyl sites for hydroxylation is 2. The van der Waals surface area contributed by atoms with Crippen molar-refractivity contribution in [3.8, 4) is 45.5 Å². The summed E-state index contributed by atoms with van der Waals surface area (Å²) in [5, 5.41) is 14.1. The SMILES string of the molecule is COc1ccc2c(Cc3ccc(-c4cc5cc([N+](=O)[O-])ccc5[nH]4)cc3)c3[n+](cc2c1OC)CCc1cc2c(cc1-3)OCO2. The molecule has 0 bridgehead atoms. The molecule has 2 aromatic heterocycles. The van der Waals surface area contributed by atoms with Crippen molar-refractivity contribution in [2.75, 3.05) is 21.0 Å². The Morgan fingerprint density at radius 2 is 1.75 bits per heavy atom. The van der Waals surface area contributed by atoms with Crippen molar-refractivity contribution in [1.82, 2.24) is 4.98 Å². The lowest BCUT2D eigenvalue weighted by Gasteiger charge is -2.21. The molecule has 4 aromatic carbocycles. The zero-order chi connectivity index (χ0) is 29.9. The highest BCUT2D eigenvalue weighted by Gasteiger charge is 2.32. The summed E-state index contributed by atoms with van der Waals surface area (Å²) in [6, 6.07) is 23.6. The van der Waals surface area contributed by atoms with Crippen LogP contribution >= 0.6 is 0 Å². The number of hydrogen-bond donors (Lipinski definition) is 1. The first kappa shape index (κ1) is 26.1. The lowest BCUT2D eigenvalue weighted by molar-refractivity contribution is -0.686. The molecule has 218 valence electrons. The Bertz CT molecular complexity index is 2130. The van der Waals surface area contributed by atoms with Crippen molar-refractivity contribution in [3.05, 3.63) is 106 Å². The number of non-ortho nitro benzene ring substituents is 1. The number of nitro benzene ring substituents is 1. The fourth-order valence-corrected chi connectivity index (χ4v) is 6.58. The molecule has 2 aliphatic rings. The first-order valence-corrected chi connectivity index (χ1v) is 14.4. The monoisotopic (exact) mass is 586 g/mol. The maximum absolute atomic E-state index is 11.2. The minimum absolute atomic E-state index is 0.0783. The van der Waals surface area contributed by atoms with Gasteiger partial charge in [-0.05, 0) is 53.1 Å². The van der Waals surface area contributed by atoms with E-state index in [2.05, 4.69) is 58.2 Å². The quantitative estimate of drug-likeness (QED) is 0.132. The van der Waals surface area contributed by atoms with Crippen LogP contribution in [0.1, 0.15) is 16.7 Å². The number of nitrogens with zero attached hydrogens (tertiary/aromatic N) is 2. The van der Waals surface area contributed by atoms with Gasteiger partial charge in [-0.1, -0.05) is 24.3 Å². The highest BCUT2D eigenvalue weighted by molar-refractivity contribution is 5.95. The Morgan fingerprint density at radius 1 is 0.932 bits per heavy atom. The molecule has 9 heteroatoms. The van der Waals surface area contributed by atoms with Gasteiger partial charge in [0.15, 0.2) is 35.7 Å². The fourth-order valence-electron chi connectivity index (χ4n) is 6.58. The van der Waals surface area contributed by atoms with Crippen LogP contribution in [0.2, 0.25) is 0 Å². The lowest BCUT2D eigenvalue weighted by Crippen LogP contribution is -2.41. The third-order valence-electron chi connectivity index (χ3n) is 8.70. The van der Waals surface area contributed by atoms with Crippen LogP contribution in [0.15, 0.2) is 79.0 Å². The van der Waals surface area contributed by atoms with E-state index in [1.165, 1.54) is 17.2 Å². The summed E-state index contributed by atoms with van der Waals surface area (Å²) in [6.07, 6.45) is 3.74. The molecule has 6 aromatic rings. The number of nitro groups is 1. The Hall–Kier alpha value is -5.57. The third kappa shape index (κ3) is 4.11. The number of aromatic nitrogens is 2. The molecule has 0 saturated carbocycles. The van der Waals surface area contributed by atoms with E-state index in [0.29, 0.717) is 17.9 Å². The first-order chi connectivity index (χ1) is 21.5. The largest absolute Gasteiger partial charge is 0.493 e. The van der Waals surface area contributed by atoms with Gasteiger partial charge in [0.2, 0.25) is 12.5 Å². The van der Waals surface area contributed by atoms with Crippen LogP contribution in [-0.4, -0.2) is 30.9 Å². The molecule has 2 aliphatic heterocycles. The summed E-state index contributed by atoms with van der Waals surface area (Å²) in [7, 11) is 3.34. The fraction of sp³-hybridized carbons (Fsp3) is 0.171. The molecule has 9 nitrogen and oxygen atoms in total. The smallest absolute Gasteiger partial charge is 0.270 e.